The molecular formula is C30H36N2O4. The molecule has 0 radical (unpaired) electrons. The van der Waals surface area contributed by atoms with Gasteiger partial charge in [0.2, 0.25) is 5.91 Å². The quantitative estimate of drug-likeness (QED) is 0.487. The number of benzene rings is 3. The third kappa shape index (κ3) is 5.11. The van der Waals surface area contributed by atoms with Gasteiger partial charge in [0.15, 0.2) is 0 Å². The van der Waals surface area contributed by atoms with Crippen molar-refractivity contribution in [3.63, 3.8) is 0 Å². The van der Waals surface area contributed by atoms with E-state index < -0.39 is 5.41 Å². The van der Waals surface area contributed by atoms with Crippen LogP contribution < -0.4 is 9.47 Å². The summed E-state index contributed by atoms with van der Waals surface area (Å²) in [5.41, 5.74) is 1.88. The molecule has 0 spiro atoms. The number of amides is 1. The molecule has 0 aliphatic carbocycles. The normalized spacial score (nSPS) is 17.0. The number of likely N-dealkylation sites (N-methyl/N-ethyl adjacent to an activating group) is 1. The lowest BCUT2D eigenvalue weighted by atomic mass is 9.74. The van der Waals surface area contributed by atoms with E-state index >= 15 is 0 Å². The minimum Gasteiger partial charge on any atom is -0.497 e. The van der Waals surface area contributed by atoms with Crippen LogP contribution in [0.2, 0.25) is 0 Å². The number of methoxy groups -OCH3 is 2. The summed E-state index contributed by atoms with van der Waals surface area (Å²) in [6.07, 6.45) is 0.388. The Hall–Kier alpha value is -3.35. The zero-order valence-corrected chi connectivity index (χ0v) is 21.6. The first-order valence-corrected chi connectivity index (χ1v) is 12.4. The predicted molar refractivity (Wildman–Crippen MR) is 141 cm³/mol. The number of ether oxygens (including phenoxy) is 2. The van der Waals surface area contributed by atoms with Crippen molar-refractivity contribution in [3.05, 3.63) is 95.6 Å². The summed E-state index contributed by atoms with van der Waals surface area (Å²) in [6, 6.07) is 25.3. The minimum atomic E-state index is -0.889. The van der Waals surface area contributed by atoms with E-state index in [1.165, 1.54) is 0 Å². The van der Waals surface area contributed by atoms with Crippen molar-refractivity contribution >= 4 is 5.91 Å². The number of rotatable bonds is 9. The van der Waals surface area contributed by atoms with Crippen LogP contribution in [0.25, 0.3) is 0 Å². The number of aliphatic hydroxyl groups is 1. The first kappa shape index (κ1) is 25.7. The molecule has 6 heteroatoms. The van der Waals surface area contributed by atoms with Gasteiger partial charge in [-0.2, -0.15) is 0 Å². The highest BCUT2D eigenvalue weighted by molar-refractivity contribution is 5.92. The van der Waals surface area contributed by atoms with Crippen molar-refractivity contribution in [2.75, 3.05) is 40.9 Å². The van der Waals surface area contributed by atoms with Gasteiger partial charge in [-0.15, -0.1) is 0 Å². The zero-order chi connectivity index (χ0) is 25.7. The molecule has 0 aromatic heterocycles. The summed E-state index contributed by atoms with van der Waals surface area (Å²) < 4.78 is 11.2. The topological polar surface area (TPSA) is 62.2 Å². The van der Waals surface area contributed by atoms with Gasteiger partial charge >= 0.3 is 0 Å². The lowest BCUT2D eigenvalue weighted by Crippen LogP contribution is -2.48. The monoisotopic (exact) mass is 488 g/mol. The summed E-state index contributed by atoms with van der Waals surface area (Å²) in [5.74, 6) is 1.35. The van der Waals surface area contributed by atoms with Gasteiger partial charge in [-0.25, -0.2) is 0 Å². The summed E-state index contributed by atoms with van der Waals surface area (Å²) in [7, 11) is 5.13. The molecule has 1 aliphatic rings. The molecular weight excluding hydrogens is 452 g/mol. The smallest absolute Gasteiger partial charge is 0.237 e. The second-order valence-electron chi connectivity index (χ2n) is 9.60. The summed E-state index contributed by atoms with van der Waals surface area (Å²) in [6.45, 7) is 3.96. The van der Waals surface area contributed by atoms with Crippen LogP contribution in [-0.4, -0.2) is 67.8 Å². The number of β-amino-alcohol motifs (C(OH)–C–C–N with tert-alkyl or cyclic N) is 1. The van der Waals surface area contributed by atoms with Crippen molar-refractivity contribution in [3.8, 4) is 11.5 Å². The SMILES string of the molecule is COc1ccc([C@@H](CN2CC[C@H](O)C2)N(C)C(=O)C(C)(c2ccccc2)c2ccccc2)c(OC)c1. The van der Waals surface area contributed by atoms with Crippen molar-refractivity contribution in [1.29, 1.82) is 0 Å². The molecule has 6 nitrogen and oxygen atoms in total. The van der Waals surface area contributed by atoms with Crippen LogP contribution in [0.3, 0.4) is 0 Å². The molecule has 3 aromatic rings. The fourth-order valence-corrected chi connectivity index (χ4v) is 5.20. The second kappa shape index (κ2) is 11.1. The predicted octanol–water partition coefficient (Wildman–Crippen LogP) is 4.28. The molecule has 1 saturated heterocycles. The Kier molecular flexibility index (Phi) is 7.97. The van der Waals surface area contributed by atoms with E-state index in [2.05, 4.69) is 4.90 Å². The highest BCUT2D eigenvalue weighted by Gasteiger charge is 2.42. The summed E-state index contributed by atoms with van der Waals surface area (Å²) >= 11 is 0. The van der Waals surface area contributed by atoms with Gasteiger partial charge in [0.1, 0.15) is 11.5 Å². The number of likely N-dealkylation sites (tertiary alicyclic amines) is 1. The number of nitrogens with zero attached hydrogens (tertiary/aromatic N) is 2. The van der Waals surface area contributed by atoms with E-state index in [-0.39, 0.29) is 18.1 Å². The molecule has 36 heavy (non-hydrogen) atoms. The van der Waals surface area contributed by atoms with E-state index in [0.717, 1.165) is 29.7 Å². The molecule has 2 atom stereocenters. The molecule has 1 amide bonds. The van der Waals surface area contributed by atoms with Crippen LogP contribution in [0.15, 0.2) is 78.9 Å². The number of aliphatic hydroxyl groups excluding tert-OH is 1. The highest BCUT2D eigenvalue weighted by atomic mass is 16.5. The molecule has 0 saturated carbocycles. The Labute approximate surface area is 214 Å². The lowest BCUT2D eigenvalue weighted by Gasteiger charge is -2.39. The Morgan fingerprint density at radius 2 is 1.64 bits per heavy atom. The molecule has 1 aliphatic heterocycles. The maximum absolute atomic E-state index is 14.5. The maximum atomic E-state index is 14.5. The van der Waals surface area contributed by atoms with Crippen molar-refractivity contribution in [1.82, 2.24) is 9.80 Å². The fourth-order valence-electron chi connectivity index (χ4n) is 5.20. The Morgan fingerprint density at radius 1 is 1.03 bits per heavy atom. The molecule has 0 unspecified atom stereocenters. The summed E-state index contributed by atoms with van der Waals surface area (Å²) in [4.78, 5) is 18.6. The Morgan fingerprint density at radius 3 is 2.14 bits per heavy atom. The standard InChI is InChI=1S/C30H36N2O4/c1-30(22-11-7-5-8-12-22,23-13-9-6-10-14-23)29(34)31(2)27(21-32-18-17-24(33)20-32)26-16-15-25(35-3)19-28(26)36-4/h5-16,19,24,27,33H,17-18,20-21H2,1-4H3/t24-,27+/m0/s1. The van der Waals surface area contributed by atoms with Crippen LogP contribution >= 0.6 is 0 Å². The van der Waals surface area contributed by atoms with Crippen LogP contribution in [0.5, 0.6) is 11.5 Å². The molecule has 0 bridgehead atoms. The van der Waals surface area contributed by atoms with E-state index in [0.29, 0.717) is 24.6 Å². The van der Waals surface area contributed by atoms with Gasteiger partial charge in [-0.3, -0.25) is 9.69 Å². The van der Waals surface area contributed by atoms with E-state index in [9.17, 15) is 9.90 Å². The largest absolute Gasteiger partial charge is 0.497 e. The fraction of sp³-hybridized carbons (Fsp3) is 0.367. The average Bonchev–Trinajstić information content (AvgIpc) is 3.35. The second-order valence-corrected chi connectivity index (χ2v) is 9.60. The van der Waals surface area contributed by atoms with Gasteiger partial charge < -0.3 is 19.5 Å². The third-order valence-electron chi connectivity index (χ3n) is 7.40. The van der Waals surface area contributed by atoms with E-state index in [1.54, 1.807) is 14.2 Å². The maximum Gasteiger partial charge on any atom is 0.237 e. The number of hydrogen-bond acceptors (Lipinski definition) is 5. The third-order valence-corrected chi connectivity index (χ3v) is 7.40. The van der Waals surface area contributed by atoms with Gasteiger partial charge in [0.05, 0.1) is 31.8 Å². The molecule has 1 fully saturated rings. The van der Waals surface area contributed by atoms with Gasteiger partial charge in [0.25, 0.3) is 0 Å². The van der Waals surface area contributed by atoms with Crippen molar-refractivity contribution < 1.29 is 19.4 Å². The van der Waals surface area contributed by atoms with Crippen LogP contribution in [0.4, 0.5) is 0 Å². The molecule has 4 rings (SSSR count). The minimum absolute atomic E-state index is 0.0116. The molecule has 1 heterocycles. The Balaban J connectivity index is 1.79. The zero-order valence-electron chi connectivity index (χ0n) is 21.6. The van der Waals surface area contributed by atoms with Crippen molar-refractivity contribution in [2.24, 2.45) is 0 Å². The van der Waals surface area contributed by atoms with Gasteiger partial charge in [-0.1, -0.05) is 60.7 Å². The van der Waals surface area contributed by atoms with Crippen molar-refractivity contribution in [2.45, 2.75) is 30.9 Å². The molecule has 190 valence electrons. The summed E-state index contributed by atoms with van der Waals surface area (Å²) in [5, 5.41) is 10.2. The van der Waals surface area contributed by atoms with Crippen LogP contribution in [-0.2, 0) is 10.2 Å². The lowest BCUT2D eigenvalue weighted by molar-refractivity contribution is -0.136. The highest BCUT2D eigenvalue weighted by Crippen LogP contribution is 2.39. The van der Waals surface area contributed by atoms with Crippen LogP contribution in [0.1, 0.15) is 36.1 Å². The van der Waals surface area contributed by atoms with Crippen LogP contribution in [0, 0.1) is 0 Å². The average molecular weight is 489 g/mol. The first-order valence-electron chi connectivity index (χ1n) is 12.4. The van der Waals surface area contributed by atoms with Gasteiger partial charge in [0, 0.05) is 38.3 Å². The number of hydrogen-bond donors (Lipinski definition) is 1. The first-order chi connectivity index (χ1) is 17.4. The van der Waals surface area contributed by atoms with Gasteiger partial charge in [-0.05, 0) is 36.6 Å². The number of carbonyl (C=O) groups is 1. The van der Waals surface area contributed by atoms with E-state index in [4.69, 9.17) is 9.47 Å². The molecule has 1 N–H and O–H groups in total. The molecule has 3 aromatic carbocycles. The Bertz CT molecular complexity index is 1110. The van der Waals surface area contributed by atoms with E-state index in [1.807, 2.05) is 97.7 Å². The number of carbonyl (C=O) groups excluding carboxylic acids is 1.